The smallest absolute Gasteiger partial charge is 0.306 e. The molecule has 0 bridgehead atoms. The molecular formula is C28H35N3O3S. The minimum Gasteiger partial charge on any atom is -0.460 e. The van der Waals surface area contributed by atoms with Crippen LogP contribution in [-0.4, -0.2) is 40.3 Å². The van der Waals surface area contributed by atoms with Crippen molar-refractivity contribution in [3.8, 4) is 0 Å². The van der Waals surface area contributed by atoms with Gasteiger partial charge >= 0.3 is 5.97 Å². The van der Waals surface area contributed by atoms with Crippen LogP contribution in [0, 0.1) is 5.41 Å². The number of hydrogen-bond acceptors (Lipinski definition) is 5. The van der Waals surface area contributed by atoms with E-state index in [2.05, 4.69) is 22.4 Å². The number of amides is 1. The largest absolute Gasteiger partial charge is 0.460 e. The third-order valence-electron chi connectivity index (χ3n) is 5.70. The summed E-state index contributed by atoms with van der Waals surface area (Å²) < 4.78 is 5.54. The van der Waals surface area contributed by atoms with Gasteiger partial charge in [0.1, 0.15) is 11.3 Å². The van der Waals surface area contributed by atoms with Gasteiger partial charge < -0.3 is 15.0 Å². The summed E-state index contributed by atoms with van der Waals surface area (Å²) >= 11 is 1.39. The van der Waals surface area contributed by atoms with Gasteiger partial charge in [0.05, 0.1) is 11.5 Å². The lowest BCUT2D eigenvalue weighted by atomic mass is 9.90. The van der Waals surface area contributed by atoms with Crippen LogP contribution in [0.2, 0.25) is 0 Å². The normalized spacial score (nSPS) is 12.3. The summed E-state index contributed by atoms with van der Waals surface area (Å²) in [5.74, 6) is -0.241. The highest BCUT2D eigenvalue weighted by atomic mass is 32.2. The van der Waals surface area contributed by atoms with Gasteiger partial charge in [-0.1, -0.05) is 42.8 Å². The van der Waals surface area contributed by atoms with Gasteiger partial charge in [-0.15, -0.1) is 11.8 Å². The van der Waals surface area contributed by atoms with Gasteiger partial charge in [0.2, 0.25) is 0 Å². The van der Waals surface area contributed by atoms with Crippen molar-refractivity contribution in [1.82, 2.24) is 10.3 Å². The maximum absolute atomic E-state index is 12.6. The molecule has 0 fully saturated rings. The second kappa shape index (κ2) is 12.1. The molecule has 1 heterocycles. The highest BCUT2D eigenvalue weighted by Gasteiger charge is 2.21. The number of aromatic amines is 1. The molecule has 0 aliphatic rings. The number of rotatable bonds is 10. The number of thioether (sulfide) groups is 1. The Bertz CT molecular complexity index is 1170. The van der Waals surface area contributed by atoms with Gasteiger partial charge in [0.25, 0.3) is 5.91 Å². The van der Waals surface area contributed by atoms with Crippen LogP contribution in [0.1, 0.15) is 74.0 Å². The number of H-pyrrole nitrogens is 1. The van der Waals surface area contributed by atoms with Crippen LogP contribution in [0.25, 0.3) is 10.9 Å². The summed E-state index contributed by atoms with van der Waals surface area (Å²) in [5.41, 5.74) is 2.87. The number of esters is 1. The first-order chi connectivity index (χ1) is 16.7. The maximum atomic E-state index is 12.6. The number of nitrogens with one attached hydrogen (secondary N) is 3. The minimum absolute atomic E-state index is 0.0877. The second-order valence-corrected chi connectivity index (χ2v) is 10.5. The summed E-state index contributed by atoms with van der Waals surface area (Å²) in [6.07, 6.45) is 4.77. The predicted molar refractivity (Wildman–Crippen MR) is 144 cm³/mol. The average molecular weight is 494 g/mol. The molecule has 0 saturated carbocycles. The Labute approximate surface area is 211 Å². The van der Waals surface area contributed by atoms with Crippen molar-refractivity contribution in [3.63, 3.8) is 0 Å². The molecule has 2 aromatic carbocycles. The van der Waals surface area contributed by atoms with E-state index >= 15 is 0 Å². The molecule has 0 radical (unpaired) electrons. The maximum Gasteiger partial charge on any atom is 0.306 e. The van der Waals surface area contributed by atoms with E-state index in [0.29, 0.717) is 23.7 Å². The Hall–Kier alpha value is -3.06. The number of carbonyl (C=O) groups is 2. The van der Waals surface area contributed by atoms with E-state index in [-0.39, 0.29) is 17.8 Å². The van der Waals surface area contributed by atoms with Crippen molar-refractivity contribution in [3.05, 3.63) is 71.4 Å². The fourth-order valence-corrected chi connectivity index (χ4v) is 4.39. The first-order valence-electron chi connectivity index (χ1n) is 12.0. The van der Waals surface area contributed by atoms with Crippen molar-refractivity contribution in [2.45, 2.75) is 58.0 Å². The van der Waals surface area contributed by atoms with Gasteiger partial charge in [0, 0.05) is 23.0 Å². The summed E-state index contributed by atoms with van der Waals surface area (Å²) in [7, 11) is 0. The van der Waals surface area contributed by atoms with Crippen molar-refractivity contribution in [1.29, 1.82) is 5.41 Å². The molecule has 0 aliphatic heterocycles. The van der Waals surface area contributed by atoms with Crippen LogP contribution in [0.4, 0.5) is 0 Å². The Morgan fingerprint density at radius 2 is 1.83 bits per heavy atom. The first-order valence-corrected chi connectivity index (χ1v) is 13.2. The zero-order valence-electron chi connectivity index (χ0n) is 20.9. The fourth-order valence-electron chi connectivity index (χ4n) is 4.02. The zero-order valence-corrected chi connectivity index (χ0v) is 21.8. The third-order valence-corrected chi connectivity index (χ3v) is 6.34. The number of ether oxygens (including phenoxy) is 1. The number of unbranched alkanes of at least 4 members (excludes halogenated alkanes) is 1. The Kier molecular flexibility index (Phi) is 9.15. The van der Waals surface area contributed by atoms with Gasteiger partial charge in [-0.2, -0.15) is 0 Å². The molecule has 7 heteroatoms. The molecule has 0 aliphatic carbocycles. The number of hydrogen-bond donors (Lipinski definition) is 3. The fraction of sp³-hybridized carbons (Fsp3) is 0.393. The van der Waals surface area contributed by atoms with Crippen molar-refractivity contribution in [2.24, 2.45) is 0 Å². The lowest BCUT2D eigenvalue weighted by Crippen LogP contribution is -2.25. The first kappa shape index (κ1) is 26.5. The molecule has 0 spiro atoms. The molecule has 186 valence electrons. The van der Waals surface area contributed by atoms with Crippen molar-refractivity contribution < 1.29 is 14.3 Å². The second-order valence-electron chi connectivity index (χ2n) is 9.67. The highest BCUT2D eigenvalue weighted by Crippen LogP contribution is 2.27. The Balaban J connectivity index is 1.51. The van der Waals surface area contributed by atoms with E-state index in [9.17, 15) is 9.59 Å². The van der Waals surface area contributed by atoms with E-state index in [4.69, 9.17) is 10.1 Å². The summed E-state index contributed by atoms with van der Waals surface area (Å²) in [6.45, 7) is 6.20. The number of aromatic nitrogens is 1. The SMILES string of the molecule is CSC(=N)c1ccc2[nH]c(C(=O)NCCCCC(CC(=O)OC(C)(C)C)c3ccccc3)cc2c1. The quantitative estimate of drug-likeness (QED) is 0.134. The molecule has 6 nitrogen and oxygen atoms in total. The minimum atomic E-state index is -0.497. The van der Waals surface area contributed by atoms with Crippen LogP contribution in [-0.2, 0) is 9.53 Å². The van der Waals surface area contributed by atoms with Crippen LogP contribution in [0.5, 0.6) is 0 Å². The van der Waals surface area contributed by atoms with Gasteiger partial charge in [-0.05, 0) is 69.5 Å². The van der Waals surface area contributed by atoms with Crippen molar-refractivity contribution >= 4 is 39.6 Å². The summed E-state index contributed by atoms with van der Waals surface area (Å²) in [6, 6.07) is 17.6. The Morgan fingerprint density at radius 3 is 2.51 bits per heavy atom. The average Bonchev–Trinajstić information content (AvgIpc) is 3.25. The molecule has 3 rings (SSSR count). The van der Waals surface area contributed by atoms with Crippen molar-refractivity contribution in [2.75, 3.05) is 12.8 Å². The molecule has 0 saturated heterocycles. The van der Waals surface area contributed by atoms with Gasteiger partial charge in [-0.25, -0.2) is 0 Å². The lowest BCUT2D eigenvalue weighted by Gasteiger charge is -2.22. The van der Waals surface area contributed by atoms with Crippen LogP contribution >= 0.6 is 11.8 Å². The monoisotopic (exact) mass is 493 g/mol. The molecule has 1 aromatic heterocycles. The molecule has 1 amide bonds. The van der Waals surface area contributed by atoms with Crippen LogP contribution in [0.15, 0.2) is 54.6 Å². The number of benzene rings is 2. The van der Waals surface area contributed by atoms with Gasteiger partial charge in [0.15, 0.2) is 0 Å². The van der Waals surface area contributed by atoms with Crippen LogP contribution in [0.3, 0.4) is 0 Å². The van der Waals surface area contributed by atoms with E-state index in [1.54, 1.807) is 0 Å². The molecule has 35 heavy (non-hydrogen) atoms. The lowest BCUT2D eigenvalue weighted by molar-refractivity contribution is -0.155. The van der Waals surface area contributed by atoms with Gasteiger partial charge in [-0.3, -0.25) is 15.0 Å². The molecular weight excluding hydrogens is 458 g/mol. The molecule has 3 aromatic rings. The highest BCUT2D eigenvalue weighted by molar-refractivity contribution is 8.13. The molecule has 1 unspecified atom stereocenters. The van der Waals surface area contributed by atoms with E-state index in [0.717, 1.165) is 41.3 Å². The van der Waals surface area contributed by atoms with E-state index in [1.165, 1.54) is 11.8 Å². The summed E-state index contributed by atoms with van der Waals surface area (Å²) in [5, 5.41) is 12.4. The number of fused-ring (bicyclic) bond motifs is 1. The Morgan fingerprint density at radius 1 is 1.09 bits per heavy atom. The zero-order chi connectivity index (χ0) is 25.4. The number of carbonyl (C=O) groups excluding carboxylic acids is 2. The topological polar surface area (TPSA) is 95.0 Å². The summed E-state index contributed by atoms with van der Waals surface area (Å²) in [4.78, 5) is 28.2. The standard InChI is InChI=1S/C28H35N3O3S/c1-28(2,3)34-25(32)18-20(19-10-6-5-7-11-19)12-8-9-15-30-27(33)24-17-22-16-21(26(29)35-4)13-14-23(22)31-24/h5-7,10-11,13-14,16-17,20,29,31H,8-9,12,15,18H2,1-4H3,(H,30,33). The predicted octanol–water partition coefficient (Wildman–Crippen LogP) is 6.27. The van der Waals surface area contributed by atoms with E-state index in [1.807, 2.05) is 69.5 Å². The molecule has 1 atom stereocenters. The third kappa shape index (κ3) is 7.99. The van der Waals surface area contributed by atoms with E-state index < -0.39 is 5.60 Å². The van der Waals surface area contributed by atoms with Crippen LogP contribution < -0.4 is 5.32 Å². The molecule has 3 N–H and O–H groups in total.